The van der Waals surface area contributed by atoms with E-state index in [0.29, 0.717) is 39.3 Å². The first kappa shape index (κ1) is 57.2. The number of hydrogen-bond acceptors (Lipinski definition) is 14. The molecule has 2 aliphatic rings. The molecule has 2 aromatic rings. The van der Waals surface area contributed by atoms with E-state index in [1.54, 1.807) is 0 Å². The molecule has 66 heavy (non-hydrogen) atoms. The monoisotopic (exact) mass is 955 g/mol. The van der Waals surface area contributed by atoms with Gasteiger partial charge in [0.05, 0.1) is 0 Å². The van der Waals surface area contributed by atoms with Crippen molar-refractivity contribution in [3.63, 3.8) is 0 Å². The Kier molecular flexibility index (Phi) is 26.4. The van der Waals surface area contributed by atoms with Crippen molar-refractivity contribution in [1.82, 2.24) is 29.4 Å². The number of rotatable bonds is 18. The largest absolute Gasteiger partial charge is 0.330 e. The van der Waals surface area contributed by atoms with E-state index >= 15 is 0 Å². The topological polar surface area (TPSA) is 176 Å². The summed E-state index contributed by atoms with van der Waals surface area (Å²) in [7, 11) is 0. The fourth-order valence-electron chi connectivity index (χ4n) is 9.24. The molecule has 4 rings (SSSR count). The quantitative estimate of drug-likeness (QED) is 0.117. The lowest BCUT2D eigenvalue weighted by Crippen LogP contribution is -2.41. The molecule has 2 aliphatic heterocycles. The summed E-state index contributed by atoms with van der Waals surface area (Å²) in [6.45, 7) is 36.0. The SMILES string of the molecule is CC(C)(C)c1cc2c3c(c1)CN(CCCN)CCN(CCCN)CCN(CCCN)Cc1cc(C(C)(C)C)cc(c1SCCS3)CN(CCCN)CCN(CCCN)CCN(CCCN)C2. The molecule has 2 bridgehead atoms. The molecule has 0 aromatic heterocycles. The molecule has 0 amide bonds. The first-order valence-electron chi connectivity index (χ1n) is 25.9. The molecule has 378 valence electrons. The van der Waals surface area contributed by atoms with Crippen LogP contribution in [-0.4, -0.2) is 172 Å². The van der Waals surface area contributed by atoms with Crippen LogP contribution in [-0.2, 0) is 37.0 Å². The first-order chi connectivity index (χ1) is 31.7. The number of fused-ring (bicyclic) bond motifs is 3. The standard InChI is InChI=1S/C52H98N12S2/c1-51(2,3)47-35-43-39-61(21-9-15-55)29-25-59(19-7-13-53)27-31-63(23-11-17-57)41-45-37-48(52(4,5)6)38-46-42-64(24-12-18-58)32-28-60(20-8-14-54)26-30-62(22-10-16-56)40-44(36-47)49(43)65-33-34-66-50(45)46/h35-38H,7-34,39-42,53-58H2,1-6H3. The van der Waals surface area contributed by atoms with Crippen molar-refractivity contribution < 1.29 is 0 Å². The van der Waals surface area contributed by atoms with Gasteiger partial charge in [0.25, 0.3) is 0 Å². The summed E-state index contributed by atoms with van der Waals surface area (Å²) < 4.78 is 0. The van der Waals surface area contributed by atoms with Crippen LogP contribution < -0.4 is 34.4 Å². The minimum absolute atomic E-state index is 0.00679. The number of nitrogens with two attached hydrogens (primary N) is 6. The minimum Gasteiger partial charge on any atom is -0.330 e. The van der Waals surface area contributed by atoms with Crippen molar-refractivity contribution in [2.75, 3.05) is 142 Å². The Hall–Kier alpha value is -1.34. The van der Waals surface area contributed by atoms with Gasteiger partial charge in [-0.05, 0) is 161 Å². The second-order valence-corrected chi connectivity index (χ2v) is 23.3. The molecule has 0 spiro atoms. The zero-order valence-corrected chi connectivity index (χ0v) is 44.5. The Bertz CT molecular complexity index is 1440. The van der Waals surface area contributed by atoms with Crippen LogP contribution in [0.15, 0.2) is 34.1 Å². The molecule has 12 N–H and O–H groups in total. The molecule has 0 unspecified atom stereocenters. The zero-order valence-electron chi connectivity index (χ0n) is 42.9. The van der Waals surface area contributed by atoms with Crippen molar-refractivity contribution in [2.45, 2.75) is 127 Å². The van der Waals surface area contributed by atoms with E-state index < -0.39 is 0 Å². The van der Waals surface area contributed by atoms with Gasteiger partial charge >= 0.3 is 0 Å². The molecule has 14 heteroatoms. The molecule has 0 radical (unpaired) electrons. The van der Waals surface area contributed by atoms with Crippen molar-refractivity contribution in [1.29, 1.82) is 0 Å². The highest BCUT2D eigenvalue weighted by molar-refractivity contribution is 8.03. The van der Waals surface area contributed by atoms with Gasteiger partial charge < -0.3 is 44.2 Å². The summed E-state index contributed by atoms with van der Waals surface area (Å²) in [6.07, 6.45) is 5.91. The summed E-state index contributed by atoms with van der Waals surface area (Å²) >= 11 is 4.18. The first-order valence-corrected chi connectivity index (χ1v) is 27.8. The Balaban J connectivity index is 2.00. The zero-order chi connectivity index (χ0) is 48.0. The van der Waals surface area contributed by atoms with Gasteiger partial charge in [-0.2, -0.15) is 0 Å². The second kappa shape index (κ2) is 30.4. The van der Waals surface area contributed by atoms with Crippen LogP contribution in [0.25, 0.3) is 0 Å². The molecule has 0 fully saturated rings. The van der Waals surface area contributed by atoms with E-state index in [9.17, 15) is 0 Å². The summed E-state index contributed by atoms with van der Waals surface area (Å²) in [5.74, 6) is 2.05. The number of benzene rings is 2. The van der Waals surface area contributed by atoms with Crippen LogP contribution in [0, 0.1) is 0 Å². The van der Waals surface area contributed by atoms with Gasteiger partial charge in [-0.25, -0.2) is 0 Å². The maximum atomic E-state index is 6.25. The summed E-state index contributed by atoms with van der Waals surface area (Å²) in [5.41, 5.74) is 46.1. The number of thioether (sulfide) groups is 2. The lowest BCUT2D eigenvalue weighted by atomic mass is 9.84. The highest BCUT2D eigenvalue weighted by Gasteiger charge is 2.26. The van der Waals surface area contributed by atoms with Gasteiger partial charge in [-0.15, -0.1) is 23.5 Å². The van der Waals surface area contributed by atoms with E-state index in [1.807, 2.05) is 0 Å². The molecular weight excluding hydrogens is 857 g/mol. The smallest absolute Gasteiger partial charge is 0.0245 e. The van der Waals surface area contributed by atoms with Crippen molar-refractivity contribution in [3.05, 3.63) is 57.6 Å². The van der Waals surface area contributed by atoms with Crippen LogP contribution in [0.4, 0.5) is 0 Å². The molecule has 0 atom stereocenters. The summed E-state index contributed by atoms with van der Waals surface area (Å²) in [4.78, 5) is 19.1. The average Bonchev–Trinajstić information content (AvgIpc) is 3.28. The molecular formula is C52H98N12S2. The maximum absolute atomic E-state index is 6.25. The average molecular weight is 956 g/mol. The Labute approximate surface area is 412 Å². The van der Waals surface area contributed by atoms with Gasteiger partial charge in [0.2, 0.25) is 0 Å². The number of nitrogens with zero attached hydrogens (tertiary/aromatic N) is 6. The molecule has 0 aliphatic carbocycles. The maximum Gasteiger partial charge on any atom is 0.0245 e. The Morgan fingerprint density at radius 2 is 0.576 bits per heavy atom. The fourth-order valence-corrected chi connectivity index (χ4v) is 11.5. The molecule has 0 saturated heterocycles. The van der Waals surface area contributed by atoms with Gasteiger partial charge in [0.1, 0.15) is 0 Å². The normalized spacial score (nSPS) is 18.7. The van der Waals surface area contributed by atoms with E-state index in [1.165, 1.54) is 43.2 Å². The summed E-state index contributed by atoms with van der Waals surface area (Å²) in [6, 6.07) is 10.2. The lowest BCUT2D eigenvalue weighted by molar-refractivity contribution is 0.164. The Morgan fingerprint density at radius 3 is 0.788 bits per heavy atom. The van der Waals surface area contributed by atoms with Crippen LogP contribution in [0.2, 0.25) is 0 Å². The van der Waals surface area contributed by atoms with Crippen LogP contribution >= 0.6 is 23.5 Å². The molecule has 2 heterocycles. The van der Waals surface area contributed by atoms with Gasteiger partial charge in [-0.3, -0.25) is 19.6 Å². The van der Waals surface area contributed by atoms with E-state index in [0.717, 1.165) is 168 Å². The molecule has 2 aromatic carbocycles. The van der Waals surface area contributed by atoms with Crippen molar-refractivity contribution in [2.24, 2.45) is 34.4 Å². The highest BCUT2D eigenvalue weighted by Crippen LogP contribution is 2.38. The number of hydrogen-bond donors (Lipinski definition) is 6. The molecule has 12 nitrogen and oxygen atoms in total. The van der Waals surface area contributed by atoms with Crippen LogP contribution in [0.1, 0.15) is 113 Å². The van der Waals surface area contributed by atoms with Crippen molar-refractivity contribution in [3.8, 4) is 0 Å². The van der Waals surface area contributed by atoms with Crippen molar-refractivity contribution >= 4 is 23.5 Å². The highest BCUT2D eigenvalue weighted by atomic mass is 32.2. The van der Waals surface area contributed by atoms with Crippen LogP contribution in [0.5, 0.6) is 0 Å². The predicted octanol–water partition coefficient (Wildman–Crippen LogP) is 5.10. The Morgan fingerprint density at radius 1 is 0.364 bits per heavy atom. The fraction of sp³-hybridized carbons (Fsp3) is 0.769. The summed E-state index contributed by atoms with van der Waals surface area (Å²) in [5, 5.41) is 0. The van der Waals surface area contributed by atoms with Gasteiger partial charge in [0, 0.05) is 99.8 Å². The van der Waals surface area contributed by atoms with Gasteiger partial charge in [0.15, 0.2) is 0 Å². The van der Waals surface area contributed by atoms with Gasteiger partial charge in [-0.1, -0.05) is 65.8 Å². The second-order valence-electron chi connectivity index (χ2n) is 21.1. The third-order valence-corrected chi connectivity index (χ3v) is 16.1. The predicted molar refractivity (Wildman–Crippen MR) is 288 cm³/mol. The third-order valence-electron chi connectivity index (χ3n) is 13.4. The van der Waals surface area contributed by atoms with E-state index in [2.05, 4.69) is 119 Å². The van der Waals surface area contributed by atoms with Crippen LogP contribution in [0.3, 0.4) is 0 Å². The third kappa shape index (κ3) is 19.8. The van der Waals surface area contributed by atoms with E-state index in [-0.39, 0.29) is 10.8 Å². The molecule has 0 saturated carbocycles. The minimum atomic E-state index is 0.00679. The lowest BCUT2D eigenvalue weighted by Gasteiger charge is -2.33. The van der Waals surface area contributed by atoms with E-state index in [4.69, 9.17) is 34.4 Å².